The number of aliphatic imine (C=N–C) groups is 1. The molecule has 0 saturated heterocycles. The Morgan fingerprint density at radius 3 is 2.54 bits per heavy atom. The highest BCUT2D eigenvalue weighted by Crippen LogP contribution is 2.72. The number of anilines is 3. The van der Waals surface area contributed by atoms with E-state index >= 15 is 0 Å². The number of nitrogens with zero attached hydrogens (tertiary/aromatic N) is 7. The number of aromatic carboxylic acids is 1. The van der Waals surface area contributed by atoms with Crippen molar-refractivity contribution in [3.63, 3.8) is 0 Å². The van der Waals surface area contributed by atoms with E-state index in [1.54, 1.807) is 7.05 Å². The number of ether oxygens (including phenoxy) is 1. The van der Waals surface area contributed by atoms with Gasteiger partial charge >= 0.3 is 5.97 Å². The second-order valence-corrected chi connectivity index (χ2v) is 17.6. The van der Waals surface area contributed by atoms with Crippen molar-refractivity contribution in [1.82, 2.24) is 30.3 Å². The summed E-state index contributed by atoms with van der Waals surface area (Å²) in [7, 11) is 1.72. The van der Waals surface area contributed by atoms with Gasteiger partial charge in [0.2, 0.25) is 0 Å². The van der Waals surface area contributed by atoms with Crippen molar-refractivity contribution in [3.8, 4) is 11.1 Å². The van der Waals surface area contributed by atoms with Gasteiger partial charge in [0.15, 0.2) is 21.2 Å². The molecule has 4 bridgehead atoms. The third kappa shape index (κ3) is 7.07. The minimum absolute atomic E-state index is 0.00118. The fourth-order valence-electron chi connectivity index (χ4n) is 11.1. The molecule has 8 rings (SSSR count). The van der Waals surface area contributed by atoms with Crippen LogP contribution in [0.4, 0.5) is 17.5 Å². The van der Waals surface area contributed by atoms with Gasteiger partial charge in [-0.15, -0.1) is 10.2 Å². The largest absolute Gasteiger partial charge is 0.476 e. The zero-order valence-corrected chi connectivity index (χ0v) is 33.2. The Labute approximate surface area is 319 Å². The van der Waals surface area contributed by atoms with Gasteiger partial charge in [0.1, 0.15) is 5.82 Å². The lowest BCUT2D eigenvalue weighted by atomic mass is 9.39. The summed E-state index contributed by atoms with van der Waals surface area (Å²) < 4.78 is 9.66. The number of aliphatic hydroxyl groups excluding tert-OH is 1. The van der Waals surface area contributed by atoms with E-state index in [2.05, 4.69) is 66.9 Å². The maximum absolute atomic E-state index is 12.8. The maximum Gasteiger partial charge on any atom is 0.355 e. The van der Waals surface area contributed by atoms with E-state index in [9.17, 15) is 9.90 Å². The molecular formula is C38H52IN9O4. The number of rotatable bonds is 13. The van der Waals surface area contributed by atoms with Crippen molar-refractivity contribution >= 4 is 49.9 Å². The standard InChI is InChI=1S/C38H52IN9O4/c1-24-26-8-6-13-47(32(26)46-45-31(24)44-34(39)40-5)29-10-9-27(30(43-29)33(50)51)28-16-42-48(25(28)2)23-37-18-35(3)17-36(4,19-37)21-38(20-35,22-37)52-15-12-41-11-7-14-49/h9-10,16,41,49H,6-8,11-15,17-23H2,1-5H3,(H,50,51)(H,40,44,45)/t35-,36+,37+,38-. The summed E-state index contributed by atoms with van der Waals surface area (Å²) in [4.78, 5) is 23.7. The topological polar surface area (TPSA) is 163 Å². The van der Waals surface area contributed by atoms with E-state index in [1.807, 2.05) is 37.1 Å². The van der Waals surface area contributed by atoms with Crippen molar-refractivity contribution < 1.29 is 19.7 Å². The minimum atomic E-state index is -1.08. The first-order valence-corrected chi connectivity index (χ1v) is 19.6. The number of aliphatic hydroxyl groups is 1. The molecule has 280 valence electrons. The monoisotopic (exact) mass is 825 g/mol. The molecule has 0 radical (unpaired) electrons. The average Bonchev–Trinajstić information content (AvgIpc) is 3.43. The second-order valence-electron chi connectivity index (χ2n) is 16.6. The van der Waals surface area contributed by atoms with Gasteiger partial charge in [-0.2, -0.15) is 5.10 Å². The summed E-state index contributed by atoms with van der Waals surface area (Å²) in [5.74, 6) is 0.828. The van der Waals surface area contributed by atoms with Crippen LogP contribution >= 0.6 is 22.6 Å². The molecule has 0 unspecified atom stereocenters. The molecule has 3 aromatic heterocycles. The smallest absolute Gasteiger partial charge is 0.355 e. The van der Waals surface area contributed by atoms with Crippen LogP contribution < -0.4 is 15.5 Å². The molecule has 0 amide bonds. The van der Waals surface area contributed by atoms with Crippen LogP contribution in [0.2, 0.25) is 0 Å². The molecule has 4 heterocycles. The summed E-state index contributed by atoms with van der Waals surface area (Å²) >= 11 is 2.12. The predicted molar refractivity (Wildman–Crippen MR) is 210 cm³/mol. The summed E-state index contributed by atoms with van der Waals surface area (Å²) in [6.07, 6.45) is 11.0. The molecule has 3 aromatic rings. The molecule has 4 N–H and O–H groups in total. The normalized spacial score (nSPS) is 28.0. The fraction of sp³-hybridized carbons (Fsp3) is 0.632. The number of nitrogens with one attached hydrogen (secondary N) is 2. The highest BCUT2D eigenvalue weighted by Gasteiger charge is 2.66. The molecule has 4 aliphatic carbocycles. The molecule has 52 heavy (non-hydrogen) atoms. The second kappa shape index (κ2) is 14.2. The van der Waals surface area contributed by atoms with Crippen molar-refractivity contribution in [2.45, 2.75) is 97.6 Å². The lowest BCUT2D eigenvalue weighted by molar-refractivity contribution is -0.247. The van der Waals surface area contributed by atoms with Crippen LogP contribution in [0.15, 0.2) is 23.3 Å². The third-order valence-electron chi connectivity index (χ3n) is 11.9. The third-order valence-corrected chi connectivity index (χ3v) is 12.6. The van der Waals surface area contributed by atoms with E-state index in [0.717, 1.165) is 97.2 Å². The first-order valence-electron chi connectivity index (χ1n) is 18.6. The Bertz CT molecular complexity index is 1860. The lowest BCUT2D eigenvalue weighted by Crippen LogP contribution is -2.64. The molecule has 0 spiro atoms. The van der Waals surface area contributed by atoms with Gasteiger partial charge in [-0.25, -0.2) is 9.78 Å². The van der Waals surface area contributed by atoms with Gasteiger partial charge in [0.05, 0.1) is 18.4 Å². The van der Waals surface area contributed by atoms with E-state index in [0.29, 0.717) is 36.2 Å². The Balaban J connectivity index is 1.14. The summed E-state index contributed by atoms with van der Waals surface area (Å²) in [6.45, 7) is 12.9. The van der Waals surface area contributed by atoms with Gasteiger partial charge in [0.25, 0.3) is 0 Å². The number of halogens is 1. The number of aromatic nitrogens is 5. The van der Waals surface area contributed by atoms with Gasteiger partial charge in [-0.05, 0) is 129 Å². The quantitative estimate of drug-likeness (QED) is 0.0520. The molecule has 0 aromatic carbocycles. The van der Waals surface area contributed by atoms with Crippen LogP contribution in [0.5, 0.6) is 0 Å². The number of carboxylic acid groups (broad SMARTS) is 1. The van der Waals surface area contributed by atoms with Crippen molar-refractivity contribution in [3.05, 3.63) is 40.8 Å². The van der Waals surface area contributed by atoms with Gasteiger partial charge in [-0.3, -0.25) is 9.67 Å². The van der Waals surface area contributed by atoms with Crippen LogP contribution in [0.3, 0.4) is 0 Å². The molecule has 13 nitrogen and oxygen atoms in total. The first-order chi connectivity index (χ1) is 24.8. The van der Waals surface area contributed by atoms with Gasteiger partial charge in [0, 0.05) is 61.2 Å². The molecular weight excluding hydrogens is 773 g/mol. The maximum atomic E-state index is 12.8. The average molecular weight is 826 g/mol. The molecule has 5 aliphatic rings. The number of fused-ring (bicyclic) bond motifs is 1. The number of amidine groups is 1. The number of hydrogen-bond donors (Lipinski definition) is 4. The van der Waals surface area contributed by atoms with Crippen LogP contribution in [-0.2, 0) is 17.7 Å². The SMILES string of the molecule is C/N=C(\I)Nc1nnc2c(c1C)CCCN2c1ccc(-c2cnn(C[C@]34C[C@]5(C)C[C@](C)(C3)C[C@@](OCCNCCCO)(C5)C4)c2C)c(C(=O)O)n1. The number of hydrogen-bond acceptors (Lipinski definition) is 10. The number of carbonyl (C=O) groups is 1. The Kier molecular flexibility index (Phi) is 10.1. The van der Waals surface area contributed by atoms with Crippen molar-refractivity contribution in [2.75, 3.05) is 50.1 Å². The number of carboxylic acids is 1. The van der Waals surface area contributed by atoms with E-state index in [-0.39, 0.29) is 34.1 Å². The van der Waals surface area contributed by atoms with Crippen LogP contribution in [0, 0.1) is 30.1 Å². The van der Waals surface area contributed by atoms with Crippen LogP contribution in [-0.4, -0.2) is 90.5 Å². The molecule has 4 fully saturated rings. The first kappa shape index (κ1) is 37.1. The Morgan fingerprint density at radius 2 is 1.83 bits per heavy atom. The van der Waals surface area contributed by atoms with Crippen molar-refractivity contribution in [1.29, 1.82) is 0 Å². The van der Waals surface area contributed by atoms with Crippen LogP contribution in [0.1, 0.15) is 92.5 Å². The number of pyridine rings is 1. The minimum Gasteiger partial charge on any atom is -0.476 e. The van der Waals surface area contributed by atoms with E-state index in [4.69, 9.17) is 19.9 Å². The zero-order valence-electron chi connectivity index (χ0n) is 31.1. The molecule has 4 atom stereocenters. The molecule has 4 saturated carbocycles. The fourth-order valence-corrected chi connectivity index (χ4v) is 11.3. The van der Waals surface area contributed by atoms with Gasteiger partial charge in [-0.1, -0.05) is 13.8 Å². The predicted octanol–water partition coefficient (Wildman–Crippen LogP) is 6.07. The summed E-state index contributed by atoms with van der Waals surface area (Å²) in [5.41, 5.74) is 4.69. The highest BCUT2D eigenvalue weighted by atomic mass is 127. The summed E-state index contributed by atoms with van der Waals surface area (Å²) in [5, 5.41) is 40.1. The Hall–Kier alpha value is -3.21. The molecule has 14 heteroatoms. The molecule has 1 aliphatic heterocycles. The highest BCUT2D eigenvalue weighted by molar-refractivity contribution is 14.1. The van der Waals surface area contributed by atoms with E-state index in [1.165, 1.54) is 6.42 Å². The lowest BCUT2D eigenvalue weighted by Gasteiger charge is -2.69. The van der Waals surface area contributed by atoms with E-state index < -0.39 is 5.97 Å². The summed E-state index contributed by atoms with van der Waals surface area (Å²) in [6, 6.07) is 3.76. The van der Waals surface area contributed by atoms with Gasteiger partial charge < -0.3 is 30.5 Å². The zero-order chi connectivity index (χ0) is 36.9. The Morgan fingerprint density at radius 1 is 1.06 bits per heavy atom. The van der Waals surface area contributed by atoms with Crippen molar-refractivity contribution in [2.24, 2.45) is 21.2 Å². The van der Waals surface area contributed by atoms with Crippen LogP contribution in [0.25, 0.3) is 11.1 Å².